The summed E-state index contributed by atoms with van der Waals surface area (Å²) in [5.74, 6) is 0.243. The summed E-state index contributed by atoms with van der Waals surface area (Å²) in [6, 6.07) is 9.57. The number of nitrogens with zero attached hydrogens (tertiary/aromatic N) is 2. The van der Waals surface area contributed by atoms with Gasteiger partial charge in [-0.1, -0.05) is 30.3 Å². The van der Waals surface area contributed by atoms with Crippen LogP contribution in [0.3, 0.4) is 0 Å². The van der Waals surface area contributed by atoms with Gasteiger partial charge in [-0.25, -0.2) is 0 Å². The van der Waals surface area contributed by atoms with E-state index in [-0.39, 0.29) is 5.78 Å². The van der Waals surface area contributed by atoms with Crippen molar-refractivity contribution in [3.63, 3.8) is 0 Å². The van der Waals surface area contributed by atoms with E-state index in [1.54, 1.807) is 7.11 Å². The molecule has 20 heavy (non-hydrogen) atoms. The first-order valence-electron chi connectivity index (χ1n) is 7.31. The van der Waals surface area contributed by atoms with Crippen LogP contribution in [0.1, 0.15) is 16.8 Å². The Labute approximate surface area is 121 Å². The molecule has 0 saturated carbocycles. The lowest BCUT2D eigenvalue weighted by Crippen LogP contribution is -2.47. The molecule has 1 aliphatic rings. The van der Waals surface area contributed by atoms with E-state index in [0.29, 0.717) is 6.42 Å². The van der Waals surface area contributed by atoms with E-state index in [9.17, 15) is 4.79 Å². The van der Waals surface area contributed by atoms with Crippen LogP contribution in [0.2, 0.25) is 0 Å². The Morgan fingerprint density at radius 2 is 1.65 bits per heavy atom. The molecular formula is C16H24N2O2. The van der Waals surface area contributed by atoms with Gasteiger partial charge in [0.05, 0.1) is 6.61 Å². The molecule has 0 unspecified atom stereocenters. The van der Waals surface area contributed by atoms with Crippen molar-refractivity contribution in [3.05, 3.63) is 35.9 Å². The molecule has 2 rings (SSSR count). The van der Waals surface area contributed by atoms with Gasteiger partial charge in [0.1, 0.15) is 0 Å². The molecule has 0 aliphatic carbocycles. The highest BCUT2D eigenvalue weighted by Crippen LogP contribution is 2.06. The minimum atomic E-state index is 0.243. The standard InChI is InChI=1S/C16H24N2O2/c1-20-14-13-18-11-9-17(10-12-18)8-7-16(19)15-5-3-2-4-6-15/h2-6H,7-14H2,1H3. The molecule has 0 amide bonds. The first-order valence-corrected chi connectivity index (χ1v) is 7.31. The second-order valence-corrected chi connectivity index (χ2v) is 5.22. The lowest BCUT2D eigenvalue weighted by molar-refractivity contribution is 0.0867. The molecule has 4 nitrogen and oxygen atoms in total. The molecular weight excluding hydrogens is 252 g/mol. The quantitative estimate of drug-likeness (QED) is 0.707. The van der Waals surface area contributed by atoms with Gasteiger partial charge in [-0.3, -0.25) is 9.69 Å². The third kappa shape index (κ3) is 4.71. The van der Waals surface area contributed by atoms with Crippen molar-refractivity contribution in [1.29, 1.82) is 0 Å². The molecule has 0 atom stereocenters. The largest absolute Gasteiger partial charge is 0.383 e. The molecule has 1 aromatic carbocycles. The maximum absolute atomic E-state index is 12.0. The fourth-order valence-electron chi connectivity index (χ4n) is 2.48. The molecule has 0 aromatic heterocycles. The van der Waals surface area contributed by atoms with Crippen molar-refractivity contribution in [2.45, 2.75) is 6.42 Å². The van der Waals surface area contributed by atoms with E-state index in [2.05, 4.69) is 9.80 Å². The van der Waals surface area contributed by atoms with E-state index in [0.717, 1.165) is 51.4 Å². The Hall–Kier alpha value is -1.23. The molecule has 0 spiro atoms. The molecule has 1 fully saturated rings. The summed E-state index contributed by atoms with van der Waals surface area (Å²) in [4.78, 5) is 16.8. The number of carbonyl (C=O) groups is 1. The number of Topliss-reactive ketones (excluding diaryl/α,β-unsaturated/α-hetero) is 1. The lowest BCUT2D eigenvalue weighted by atomic mass is 10.1. The van der Waals surface area contributed by atoms with Gasteiger partial charge in [0.15, 0.2) is 5.78 Å². The van der Waals surface area contributed by atoms with Crippen molar-refractivity contribution in [1.82, 2.24) is 9.80 Å². The molecule has 0 N–H and O–H groups in total. The molecule has 1 saturated heterocycles. The van der Waals surface area contributed by atoms with Gasteiger partial charge in [0.2, 0.25) is 0 Å². The van der Waals surface area contributed by atoms with Gasteiger partial charge in [-0.2, -0.15) is 0 Å². The number of carbonyl (C=O) groups excluding carboxylic acids is 1. The zero-order valence-electron chi connectivity index (χ0n) is 12.3. The van der Waals surface area contributed by atoms with Gasteiger partial charge < -0.3 is 9.64 Å². The van der Waals surface area contributed by atoms with Gasteiger partial charge in [0.25, 0.3) is 0 Å². The number of ketones is 1. The van der Waals surface area contributed by atoms with Crippen molar-refractivity contribution in [2.24, 2.45) is 0 Å². The Balaban J connectivity index is 1.67. The molecule has 0 radical (unpaired) electrons. The summed E-state index contributed by atoms with van der Waals surface area (Å²) in [5.41, 5.74) is 0.825. The van der Waals surface area contributed by atoms with E-state index >= 15 is 0 Å². The summed E-state index contributed by atoms with van der Waals surface area (Å²) in [6.07, 6.45) is 0.613. The average Bonchev–Trinajstić information content (AvgIpc) is 2.52. The number of benzene rings is 1. The highest BCUT2D eigenvalue weighted by atomic mass is 16.5. The van der Waals surface area contributed by atoms with Gasteiger partial charge in [0, 0.05) is 58.4 Å². The molecule has 1 aliphatic heterocycles. The summed E-state index contributed by atoms with van der Waals surface area (Å²) in [6.45, 7) is 6.91. The third-order valence-corrected chi connectivity index (χ3v) is 3.83. The number of rotatable bonds is 7. The normalized spacial score (nSPS) is 17.2. The van der Waals surface area contributed by atoms with Crippen LogP contribution in [-0.2, 0) is 4.74 Å². The van der Waals surface area contributed by atoms with E-state index in [1.165, 1.54) is 0 Å². The number of methoxy groups -OCH3 is 1. The molecule has 4 heteroatoms. The van der Waals surface area contributed by atoms with Crippen LogP contribution in [0.5, 0.6) is 0 Å². The van der Waals surface area contributed by atoms with Crippen LogP contribution in [0, 0.1) is 0 Å². The number of hydrogen-bond acceptors (Lipinski definition) is 4. The first-order chi connectivity index (χ1) is 9.79. The highest BCUT2D eigenvalue weighted by Gasteiger charge is 2.17. The first kappa shape index (κ1) is 15.2. The zero-order chi connectivity index (χ0) is 14.2. The fraction of sp³-hybridized carbons (Fsp3) is 0.562. The molecule has 1 aromatic rings. The van der Waals surface area contributed by atoms with Gasteiger partial charge in [-0.15, -0.1) is 0 Å². The summed E-state index contributed by atoms with van der Waals surface area (Å²) in [5, 5.41) is 0. The Kier molecular flexibility index (Phi) is 6.18. The van der Waals surface area contributed by atoms with E-state index < -0.39 is 0 Å². The van der Waals surface area contributed by atoms with Crippen LogP contribution in [-0.4, -0.2) is 68.6 Å². The summed E-state index contributed by atoms with van der Waals surface area (Å²) >= 11 is 0. The SMILES string of the molecule is COCCN1CCN(CCC(=O)c2ccccc2)CC1. The number of hydrogen-bond donors (Lipinski definition) is 0. The molecule has 1 heterocycles. The Morgan fingerprint density at radius 3 is 2.25 bits per heavy atom. The smallest absolute Gasteiger partial charge is 0.164 e. The minimum Gasteiger partial charge on any atom is -0.383 e. The van der Waals surface area contributed by atoms with Gasteiger partial charge in [-0.05, 0) is 0 Å². The predicted molar refractivity (Wildman–Crippen MR) is 80.1 cm³/mol. The maximum atomic E-state index is 12.0. The summed E-state index contributed by atoms with van der Waals surface area (Å²) in [7, 11) is 1.74. The fourth-order valence-corrected chi connectivity index (χ4v) is 2.48. The third-order valence-electron chi connectivity index (χ3n) is 3.83. The van der Waals surface area contributed by atoms with Gasteiger partial charge >= 0.3 is 0 Å². The lowest BCUT2D eigenvalue weighted by Gasteiger charge is -2.34. The van der Waals surface area contributed by atoms with Crippen LogP contribution in [0.25, 0.3) is 0 Å². The van der Waals surface area contributed by atoms with Crippen molar-refractivity contribution < 1.29 is 9.53 Å². The van der Waals surface area contributed by atoms with Crippen LogP contribution in [0.4, 0.5) is 0 Å². The van der Waals surface area contributed by atoms with Crippen LogP contribution >= 0.6 is 0 Å². The van der Waals surface area contributed by atoms with Crippen LogP contribution < -0.4 is 0 Å². The average molecular weight is 276 g/mol. The van der Waals surface area contributed by atoms with Crippen molar-refractivity contribution >= 4 is 5.78 Å². The minimum absolute atomic E-state index is 0.243. The Bertz CT molecular complexity index is 400. The molecule has 110 valence electrons. The summed E-state index contributed by atoms with van der Waals surface area (Å²) < 4.78 is 5.10. The second kappa shape index (κ2) is 8.15. The topological polar surface area (TPSA) is 32.8 Å². The maximum Gasteiger partial charge on any atom is 0.164 e. The monoisotopic (exact) mass is 276 g/mol. The van der Waals surface area contributed by atoms with Crippen molar-refractivity contribution in [3.8, 4) is 0 Å². The van der Waals surface area contributed by atoms with Crippen molar-refractivity contribution in [2.75, 3.05) is 53.0 Å². The van der Waals surface area contributed by atoms with Crippen LogP contribution in [0.15, 0.2) is 30.3 Å². The highest BCUT2D eigenvalue weighted by molar-refractivity contribution is 5.96. The predicted octanol–water partition coefficient (Wildman–Crippen LogP) is 1.52. The van der Waals surface area contributed by atoms with E-state index in [4.69, 9.17) is 4.74 Å². The van der Waals surface area contributed by atoms with E-state index in [1.807, 2.05) is 30.3 Å². The Morgan fingerprint density at radius 1 is 1.05 bits per heavy atom. The zero-order valence-corrected chi connectivity index (χ0v) is 12.3. The number of ether oxygens (including phenoxy) is 1. The number of piperazine rings is 1. The molecule has 0 bridgehead atoms. The second-order valence-electron chi connectivity index (χ2n) is 5.22.